The van der Waals surface area contributed by atoms with Crippen LogP contribution >= 0.6 is 0 Å². The summed E-state index contributed by atoms with van der Waals surface area (Å²) in [5.41, 5.74) is 6.30. The van der Waals surface area contributed by atoms with Crippen molar-refractivity contribution in [1.82, 2.24) is 0 Å². The molecule has 0 aliphatic heterocycles. The molecule has 0 amide bonds. The fourth-order valence-electron chi connectivity index (χ4n) is 0.955. The molecule has 18 heavy (non-hydrogen) atoms. The van der Waals surface area contributed by atoms with Gasteiger partial charge in [-0.3, -0.25) is 4.79 Å². The van der Waals surface area contributed by atoms with E-state index in [0.717, 1.165) is 5.56 Å². The monoisotopic (exact) mass is 279 g/mol. The largest absolute Gasteiger partial charge is 1.00 e. The molecule has 0 bridgehead atoms. The van der Waals surface area contributed by atoms with Crippen LogP contribution < -0.4 is 35.3 Å². The van der Waals surface area contributed by atoms with Crippen molar-refractivity contribution in [1.29, 1.82) is 0 Å². The van der Waals surface area contributed by atoms with E-state index in [-0.39, 0.29) is 58.4 Å². The van der Waals surface area contributed by atoms with E-state index >= 15 is 0 Å². The minimum Gasteiger partial charge on any atom is -1.00 e. The zero-order valence-corrected chi connectivity index (χ0v) is 12.1. The quantitative estimate of drug-likeness (QED) is 0.515. The van der Waals surface area contributed by atoms with E-state index in [4.69, 9.17) is 10.8 Å². The molecule has 0 aromatic heterocycles. The van der Waals surface area contributed by atoms with Gasteiger partial charge in [-0.1, -0.05) is 30.3 Å². The third-order valence-electron chi connectivity index (χ3n) is 1.62. The molecular formula is C9H22NNaO7. The van der Waals surface area contributed by atoms with Gasteiger partial charge in [-0.25, -0.2) is 0 Å². The smallest absolute Gasteiger partial charge is 1.00 e. The average Bonchev–Trinajstić information content (AvgIpc) is 2.06. The Morgan fingerprint density at radius 3 is 1.83 bits per heavy atom. The van der Waals surface area contributed by atoms with Gasteiger partial charge in [0.05, 0.1) is 0 Å². The first-order valence-corrected chi connectivity index (χ1v) is 3.72. The number of rotatable bonds is 3. The predicted molar refractivity (Wildman–Crippen MR) is 64.9 cm³/mol. The second-order valence-electron chi connectivity index (χ2n) is 2.63. The summed E-state index contributed by atoms with van der Waals surface area (Å²) < 4.78 is 0. The molecule has 1 atom stereocenters. The van der Waals surface area contributed by atoms with Gasteiger partial charge in [0, 0.05) is 0 Å². The van der Waals surface area contributed by atoms with Crippen molar-refractivity contribution in [2.24, 2.45) is 5.73 Å². The van der Waals surface area contributed by atoms with Crippen LogP contribution in [0.2, 0.25) is 0 Å². The van der Waals surface area contributed by atoms with Gasteiger partial charge in [0.2, 0.25) is 0 Å². The van der Waals surface area contributed by atoms with Crippen molar-refractivity contribution < 1.29 is 68.3 Å². The molecule has 9 heteroatoms. The predicted octanol–water partition coefficient (Wildman–Crippen LogP) is -6.37. The zero-order valence-electron chi connectivity index (χ0n) is 11.1. The van der Waals surface area contributed by atoms with E-state index in [0.29, 0.717) is 6.42 Å². The van der Waals surface area contributed by atoms with E-state index < -0.39 is 12.0 Å². The third-order valence-corrected chi connectivity index (χ3v) is 1.62. The number of carboxylic acids is 1. The molecule has 1 rings (SSSR count). The summed E-state index contributed by atoms with van der Waals surface area (Å²) in [6.45, 7) is 0. The van der Waals surface area contributed by atoms with Gasteiger partial charge < -0.3 is 39.6 Å². The summed E-state index contributed by atoms with van der Waals surface area (Å²) in [6.07, 6.45) is 0.385. The molecule has 1 aromatic rings. The number of carboxylic acid groups (broad SMARTS) is 1. The molecule has 0 aliphatic carbocycles. The molecule has 0 saturated carbocycles. The molecule has 8 nitrogen and oxygen atoms in total. The Bertz CT molecular complexity index is 279. The Kier molecular flexibility index (Phi) is 37.6. The zero-order chi connectivity index (χ0) is 8.97. The second kappa shape index (κ2) is 18.8. The fraction of sp³-hybridized carbons (Fsp3) is 0.222. The Labute approximate surface area is 128 Å². The van der Waals surface area contributed by atoms with Gasteiger partial charge in [-0.05, 0) is 12.0 Å². The third kappa shape index (κ3) is 13.5. The minimum atomic E-state index is -0.959. The molecule has 0 fully saturated rings. The van der Waals surface area contributed by atoms with Gasteiger partial charge >= 0.3 is 35.5 Å². The molecule has 0 aliphatic rings. The van der Waals surface area contributed by atoms with Crippen LogP contribution in [0, 0.1) is 0 Å². The van der Waals surface area contributed by atoms with Crippen molar-refractivity contribution in [3.63, 3.8) is 0 Å². The van der Waals surface area contributed by atoms with E-state index in [9.17, 15) is 4.79 Å². The number of hydrogen-bond acceptors (Lipinski definition) is 2. The Balaban J connectivity index is -0.0000000411. The SMILES string of the molecule is N[C@@H](Cc1ccccc1)C(=O)O.O.O.O.O.O.[H-].[Na+]. The number of aliphatic carboxylic acids is 1. The number of nitrogens with two attached hydrogens (primary N) is 1. The van der Waals surface area contributed by atoms with Crippen LogP contribution in [0.25, 0.3) is 0 Å². The van der Waals surface area contributed by atoms with Crippen LogP contribution in [0.4, 0.5) is 0 Å². The van der Waals surface area contributed by atoms with E-state index in [2.05, 4.69) is 0 Å². The molecular weight excluding hydrogens is 257 g/mol. The van der Waals surface area contributed by atoms with E-state index in [1.165, 1.54) is 0 Å². The molecule has 0 radical (unpaired) electrons. The maximum Gasteiger partial charge on any atom is 1.00 e. The number of carbonyl (C=O) groups is 1. The first kappa shape index (κ1) is 36.0. The molecule has 0 heterocycles. The topological polar surface area (TPSA) is 221 Å². The van der Waals surface area contributed by atoms with Crippen molar-refractivity contribution in [2.75, 3.05) is 0 Å². The summed E-state index contributed by atoms with van der Waals surface area (Å²) in [5.74, 6) is -0.959. The van der Waals surface area contributed by atoms with Gasteiger partial charge in [-0.2, -0.15) is 0 Å². The van der Waals surface area contributed by atoms with Gasteiger partial charge in [0.25, 0.3) is 0 Å². The molecule has 1 aromatic carbocycles. The van der Waals surface area contributed by atoms with Crippen LogP contribution in [0.5, 0.6) is 0 Å². The van der Waals surface area contributed by atoms with Crippen LogP contribution in [-0.2, 0) is 11.2 Å². The minimum absolute atomic E-state index is 0. The van der Waals surface area contributed by atoms with E-state index in [1.54, 1.807) is 0 Å². The van der Waals surface area contributed by atoms with Crippen LogP contribution in [-0.4, -0.2) is 44.5 Å². The summed E-state index contributed by atoms with van der Waals surface area (Å²) in [7, 11) is 0. The van der Waals surface area contributed by atoms with Crippen molar-refractivity contribution in [2.45, 2.75) is 12.5 Å². The maximum absolute atomic E-state index is 10.4. The van der Waals surface area contributed by atoms with Crippen LogP contribution in [0.15, 0.2) is 30.3 Å². The summed E-state index contributed by atoms with van der Waals surface area (Å²) in [4.78, 5) is 10.4. The van der Waals surface area contributed by atoms with Crippen LogP contribution in [0.1, 0.15) is 6.99 Å². The van der Waals surface area contributed by atoms with Crippen molar-refractivity contribution in [3.05, 3.63) is 35.9 Å². The van der Waals surface area contributed by atoms with E-state index in [1.807, 2.05) is 30.3 Å². The van der Waals surface area contributed by atoms with Crippen LogP contribution in [0.3, 0.4) is 0 Å². The molecule has 0 unspecified atom stereocenters. The first-order chi connectivity index (χ1) is 5.70. The Hall–Kier alpha value is -0.550. The van der Waals surface area contributed by atoms with Crippen molar-refractivity contribution >= 4 is 5.97 Å². The van der Waals surface area contributed by atoms with Crippen molar-refractivity contribution in [3.8, 4) is 0 Å². The number of hydrogen-bond donors (Lipinski definition) is 2. The van der Waals surface area contributed by atoms with Gasteiger partial charge in [0.15, 0.2) is 0 Å². The Morgan fingerprint density at radius 2 is 1.50 bits per heavy atom. The summed E-state index contributed by atoms with van der Waals surface area (Å²) >= 11 is 0. The maximum atomic E-state index is 10.4. The summed E-state index contributed by atoms with van der Waals surface area (Å²) in [5, 5.41) is 8.52. The van der Waals surface area contributed by atoms with Gasteiger partial charge in [-0.15, -0.1) is 0 Å². The Morgan fingerprint density at radius 1 is 1.11 bits per heavy atom. The fourth-order valence-corrected chi connectivity index (χ4v) is 0.955. The summed E-state index contributed by atoms with van der Waals surface area (Å²) in [6, 6.07) is 8.54. The molecule has 13 N–H and O–H groups in total. The molecule has 0 saturated heterocycles. The standard InChI is InChI=1S/C9H11NO2.Na.5H2O.H/c10-8(9(11)12)6-7-4-2-1-3-5-7;;;;;;;/h1-5,8H,6,10H2,(H,11,12);;5*1H2;/q;+1;;;;;;-1/t8-;;;;;;;/m0......./s1. The second-order valence-corrected chi connectivity index (χ2v) is 2.63. The normalized spacial score (nSPS) is 8.28. The number of benzene rings is 1. The average molecular weight is 279 g/mol. The van der Waals surface area contributed by atoms with Gasteiger partial charge in [0.1, 0.15) is 6.04 Å². The molecule has 106 valence electrons. The molecule has 0 spiro atoms. The first-order valence-electron chi connectivity index (χ1n) is 3.72.